The van der Waals surface area contributed by atoms with E-state index in [1.54, 1.807) is 4.90 Å². The number of amides is 3. The summed E-state index contributed by atoms with van der Waals surface area (Å²) in [6, 6.07) is 13.2. The van der Waals surface area contributed by atoms with E-state index in [-0.39, 0.29) is 23.8 Å². The number of carbonyl (C=O) groups is 3. The Hall–Kier alpha value is -2.67. The van der Waals surface area contributed by atoms with E-state index in [0.29, 0.717) is 43.8 Å². The van der Waals surface area contributed by atoms with Gasteiger partial charge in [-0.3, -0.25) is 14.4 Å². The molecule has 2 saturated heterocycles. The van der Waals surface area contributed by atoms with Gasteiger partial charge in [-0.2, -0.15) is 0 Å². The molecule has 2 fully saturated rings. The SMILES string of the molecule is O=C1CC[C@]2(C(=O)NCc3ccccc3)CN(C(=O)c3cccs3)CC[C@H]2N1. The third kappa shape index (κ3) is 3.54. The van der Waals surface area contributed by atoms with Crippen molar-refractivity contribution in [3.05, 3.63) is 58.3 Å². The number of carbonyl (C=O) groups excluding carboxylic acids is 3. The maximum Gasteiger partial charge on any atom is 0.263 e. The van der Waals surface area contributed by atoms with Crippen LogP contribution in [-0.2, 0) is 16.1 Å². The Balaban J connectivity index is 1.54. The first-order valence-electron chi connectivity index (χ1n) is 9.53. The zero-order chi connectivity index (χ0) is 19.6. The normalized spacial score (nSPS) is 24.2. The van der Waals surface area contributed by atoms with Crippen molar-refractivity contribution < 1.29 is 14.4 Å². The van der Waals surface area contributed by atoms with Crippen LogP contribution in [0.15, 0.2) is 47.8 Å². The van der Waals surface area contributed by atoms with Crippen LogP contribution in [0.5, 0.6) is 0 Å². The molecule has 7 heteroatoms. The fourth-order valence-electron chi connectivity index (χ4n) is 4.18. The van der Waals surface area contributed by atoms with Crippen molar-refractivity contribution in [3.8, 4) is 0 Å². The lowest BCUT2D eigenvalue weighted by atomic mass is 9.69. The van der Waals surface area contributed by atoms with Crippen molar-refractivity contribution in [3.63, 3.8) is 0 Å². The molecule has 0 saturated carbocycles. The lowest BCUT2D eigenvalue weighted by molar-refractivity contribution is -0.142. The summed E-state index contributed by atoms with van der Waals surface area (Å²) in [5, 5.41) is 7.92. The van der Waals surface area contributed by atoms with E-state index in [9.17, 15) is 14.4 Å². The molecular weight excluding hydrogens is 374 g/mol. The predicted octanol–water partition coefficient (Wildman–Crippen LogP) is 2.18. The van der Waals surface area contributed by atoms with Crippen molar-refractivity contribution in [2.45, 2.75) is 31.8 Å². The number of nitrogens with zero attached hydrogens (tertiary/aromatic N) is 1. The number of rotatable bonds is 4. The molecule has 2 atom stereocenters. The fourth-order valence-corrected chi connectivity index (χ4v) is 4.88. The quantitative estimate of drug-likeness (QED) is 0.830. The van der Waals surface area contributed by atoms with Gasteiger partial charge in [-0.1, -0.05) is 36.4 Å². The molecule has 28 heavy (non-hydrogen) atoms. The van der Waals surface area contributed by atoms with Gasteiger partial charge in [-0.25, -0.2) is 0 Å². The highest BCUT2D eigenvalue weighted by Gasteiger charge is 2.52. The minimum Gasteiger partial charge on any atom is -0.352 e. The molecule has 2 N–H and O–H groups in total. The smallest absolute Gasteiger partial charge is 0.263 e. The first kappa shape index (κ1) is 18.7. The van der Waals surface area contributed by atoms with Gasteiger partial charge in [0.1, 0.15) is 0 Å². The van der Waals surface area contributed by atoms with Gasteiger partial charge in [-0.05, 0) is 29.9 Å². The highest BCUT2D eigenvalue weighted by molar-refractivity contribution is 7.12. The average molecular weight is 398 g/mol. The molecule has 6 nitrogen and oxygen atoms in total. The summed E-state index contributed by atoms with van der Waals surface area (Å²) in [5.74, 6) is -0.153. The van der Waals surface area contributed by atoms with E-state index in [2.05, 4.69) is 10.6 Å². The Morgan fingerprint density at radius 1 is 1.21 bits per heavy atom. The second kappa shape index (κ2) is 7.75. The van der Waals surface area contributed by atoms with Crippen LogP contribution in [0.3, 0.4) is 0 Å². The molecule has 0 radical (unpaired) electrons. The van der Waals surface area contributed by atoms with Crippen molar-refractivity contribution in [2.24, 2.45) is 5.41 Å². The van der Waals surface area contributed by atoms with Gasteiger partial charge in [0.25, 0.3) is 5.91 Å². The number of benzene rings is 1. The second-order valence-electron chi connectivity index (χ2n) is 7.44. The molecule has 0 unspecified atom stereocenters. The summed E-state index contributed by atoms with van der Waals surface area (Å²) in [4.78, 5) is 40.5. The van der Waals surface area contributed by atoms with Gasteiger partial charge in [0.2, 0.25) is 11.8 Å². The minimum atomic E-state index is -0.784. The molecule has 0 spiro atoms. The zero-order valence-electron chi connectivity index (χ0n) is 15.5. The second-order valence-corrected chi connectivity index (χ2v) is 8.38. The molecule has 3 amide bonds. The lowest BCUT2D eigenvalue weighted by Crippen LogP contribution is -2.66. The van der Waals surface area contributed by atoms with E-state index in [4.69, 9.17) is 0 Å². The maximum atomic E-state index is 13.3. The summed E-state index contributed by atoms with van der Waals surface area (Å²) in [7, 11) is 0. The summed E-state index contributed by atoms with van der Waals surface area (Å²) in [5.41, 5.74) is 0.236. The molecule has 4 rings (SSSR count). The Labute approximate surface area is 167 Å². The molecule has 146 valence electrons. The standard InChI is InChI=1S/C21H23N3O3S/c25-18-8-10-21(20(27)22-13-15-5-2-1-3-6-15)14-24(11-9-17(21)23-18)19(26)16-7-4-12-28-16/h1-7,12,17H,8-11,13-14H2,(H,22,27)(H,23,25)/t17-,21+/m1/s1. The van der Waals surface area contributed by atoms with Crippen LogP contribution in [-0.4, -0.2) is 41.8 Å². The van der Waals surface area contributed by atoms with Crippen LogP contribution in [0.25, 0.3) is 0 Å². The lowest BCUT2D eigenvalue weighted by Gasteiger charge is -2.49. The van der Waals surface area contributed by atoms with Gasteiger partial charge >= 0.3 is 0 Å². The third-order valence-electron chi connectivity index (χ3n) is 5.73. The largest absolute Gasteiger partial charge is 0.352 e. The topological polar surface area (TPSA) is 78.5 Å². The van der Waals surface area contributed by atoms with Crippen LogP contribution >= 0.6 is 11.3 Å². The number of hydrogen-bond donors (Lipinski definition) is 2. The van der Waals surface area contributed by atoms with Gasteiger partial charge in [0.05, 0.1) is 10.3 Å². The number of fused-ring (bicyclic) bond motifs is 1. The predicted molar refractivity (Wildman–Crippen MR) is 107 cm³/mol. The van der Waals surface area contributed by atoms with Gasteiger partial charge < -0.3 is 15.5 Å². The zero-order valence-corrected chi connectivity index (χ0v) is 16.3. The molecule has 0 bridgehead atoms. The van der Waals surface area contributed by atoms with Gasteiger partial charge in [-0.15, -0.1) is 11.3 Å². The fraction of sp³-hybridized carbons (Fsp3) is 0.381. The maximum absolute atomic E-state index is 13.3. The van der Waals surface area contributed by atoms with E-state index < -0.39 is 5.41 Å². The first-order chi connectivity index (χ1) is 13.6. The van der Waals surface area contributed by atoms with Gasteiger partial charge in [0, 0.05) is 32.1 Å². The van der Waals surface area contributed by atoms with E-state index in [1.165, 1.54) is 11.3 Å². The van der Waals surface area contributed by atoms with E-state index >= 15 is 0 Å². The monoisotopic (exact) mass is 397 g/mol. The number of hydrogen-bond acceptors (Lipinski definition) is 4. The van der Waals surface area contributed by atoms with Crippen molar-refractivity contribution in [1.29, 1.82) is 0 Å². The third-order valence-corrected chi connectivity index (χ3v) is 6.59. The molecular formula is C21H23N3O3S. The van der Waals surface area contributed by atoms with Crippen LogP contribution in [0, 0.1) is 5.41 Å². The van der Waals surface area contributed by atoms with Crippen molar-refractivity contribution in [2.75, 3.05) is 13.1 Å². The van der Waals surface area contributed by atoms with Crippen LogP contribution in [0.1, 0.15) is 34.5 Å². The molecule has 2 aliphatic heterocycles. The first-order valence-corrected chi connectivity index (χ1v) is 10.4. The van der Waals surface area contributed by atoms with Crippen molar-refractivity contribution >= 4 is 29.1 Å². The van der Waals surface area contributed by atoms with Crippen LogP contribution in [0.4, 0.5) is 0 Å². The molecule has 3 heterocycles. The average Bonchev–Trinajstić information content (AvgIpc) is 3.26. The number of likely N-dealkylation sites (tertiary alicyclic amines) is 1. The molecule has 2 aliphatic rings. The Kier molecular flexibility index (Phi) is 5.17. The van der Waals surface area contributed by atoms with Gasteiger partial charge in [0.15, 0.2) is 0 Å². The number of thiophene rings is 1. The Bertz CT molecular complexity index is 868. The molecule has 0 aliphatic carbocycles. The minimum absolute atomic E-state index is 0.0190. The Morgan fingerprint density at radius 3 is 2.79 bits per heavy atom. The molecule has 1 aromatic heterocycles. The molecule has 2 aromatic rings. The summed E-state index contributed by atoms with van der Waals surface area (Å²) in [6.45, 7) is 1.30. The summed E-state index contributed by atoms with van der Waals surface area (Å²) in [6.07, 6.45) is 1.34. The number of piperidine rings is 2. The Morgan fingerprint density at radius 2 is 2.04 bits per heavy atom. The summed E-state index contributed by atoms with van der Waals surface area (Å²) < 4.78 is 0. The van der Waals surface area contributed by atoms with Crippen molar-refractivity contribution in [1.82, 2.24) is 15.5 Å². The van der Waals surface area contributed by atoms with E-state index in [1.807, 2.05) is 47.8 Å². The highest BCUT2D eigenvalue weighted by atomic mass is 32.1. The van der Waals surface area contributed by atoms with E-state index in [0.717, 1.165) is 5.56 Å². The van der Waals surface area contributed by atoms with Crippen LogP contribution in [0.2, 0.25) is 0 Å². The van der Waals surface area contributed by atoms with Crippen LogP contribution < -0.4 is 10.6 Å². The molecule has 1 aromatic carbocycles. The highest BCUT2D eigenvalue weighted by Crippen LogP contribution is 2.39. The number of nitrogens with one attached hydrogen (secondary N) is 2. The summed E-state index contributed by atoms with van der Waals surface area (Å²) >= 11 is 1.41.